The number of nitrogens with zero attached hydrogens (tertiary/aromatic N) is 2. The second-order valence-electron chi connectivity index (χ2n) is 4.99. The molecule has 0 N–H and O–H groups in total. The largest absolute Gasteiger partial charge is 0.441 e. The molecule has 106 valence electrons. The van der Waals surface area contributed by atoms with Crippen LogP contribution in [0.1, 0.15) is 42.4 Å². The molecule has 1 aliphatic heterocycles. The number of fused-ring (bicyclic) bond motifs is 1. The van der Waals surface area contributed by atoms with E-state index in [0.717, 1.165) is 42.7 Å². The van der Waals surface area contributed by atoms with Crippen LogP contribution < -0.4 is 0 Å². The number of carbonyl (C=O) groups excluding carboxylic acids is 1. The summed E-state index contributed by atoms with van der Waals surface area (Å²) in [6.07, 6.45) is 3.89. The maximum Gasteiger partial charge on any atom is 0.277 e. The lowest BCUT2D eigenvalue weighted by atomic mass is 10.2. The molecule has 5 nitrogen and oxygen atoms in total. The van der Waals surface area contributed by atoms with E-state index in [2.05, 4.69) is 11.9 Å². The molecule has 1 aliphatic rings. The fourth-order valence-electron chi connectivity index (χ4n) is 2.29. The monoisotopic (exact) mass is 274 g/mol. The zero-order valence-corrected chi connectivity index (χ0v) is 11.6. The minimum Gasteiger partial charge on any atom is -0.441 e. The Bertz CT molecular complexity index is 615. The molecule has 3 rings (SSSR count). The van der Waals surface area contributed by atoms with Crippen LogP contribution in [0, 0.1) is 0 Å². The van der Waals surface area contributed by atoms with Crippen molar-refractivity contribution < 1.29 is 14.0 Å². The number of hydrogen-bond donors (Lipinski definition) is 0. The number of unbranched alkanes of at least 4 members (excludes halogenated alkanes) is 1. The molecule has 0 bridgehead atoms. The van der Waals surface area contributed by atoms with Crippen molar-refractivity contribution in [2.75, 3.05) is 13.2 Å². The summed E-state index contributed by atoms with van der Waals surface area (Å²) < 4.78 is 5.66. The molecular weight excluding hydrogens is 256 g/mol. The van der Waals surface area contributed by atoms with Crippen LogP contribution in [0.25, 0.3) is 11.1 Å². The van der Waals surface area contributed by atoms with Crippen molar-refractivity contribution in [3.05, 3.63) is 29.7 Å². The topological polar surface area (TPSA) is 55.6 Å². The molecule has 1 amide bonds. The Morgan fingerprint density at radius 1 is 1.45 bits per heavy atom. The SMILES string of the molecule is CCCCc1nc2cc(C(=O)N3CCCO3)ccc2o1. The lowest BCUT2D eigenvalue weighted by Crippen LogP contribution is -2.26. The van der Waals surface area contributed by atoms with Crippen molar-refractivity contribution in [3.63, 3.8) is 0 Å². The van der Waals surface area contributed by atoms with Gasteiger partial charge in [-0.2, -0.15) is 0 Å². The van der Waals surface area contributed by atoms with Crippen molar-refractivity contribution in [1.29, 1.82) is 0 Å². The van der Waals surface area contributed by atoms with Crippen LogP contribution in [-0.4, -0.2) is 29.1 Å². The molecule has 1 aromatic carbocycles. The van der Waals surface area contributed by atoms with Gasteiger partial charge in [0.25, 0.3) is 5.91 Å². The molecule has 20 heavy (non-hydrogen) atoms. The molecule has 1 aromatic heterocycles. The maximum atomic E-state index is 12.2. The van der Waals surface area contributed by atoms with E-state index in [-0.39, 0.29) is 5.91 Å². The fourth-order valence-corrected chi connectivity index (χ4v) is 2.29. The Morgan fingerprint density at radius 2 is 2.35 bits per heavy atom. The van der Waals surface area contributed by atoms with Crippen LogP contribution in [0.5, 0.6) is 0 Å². The van der Waals surface area contributed by atoms with Crippen molar-refractivity contribution in [2.45, 2.75) is 32.6 Å². The first kappa shape index (κ1) is 13.1. The minimum absolute atomic E-state index is 0.109. The van der Waals surface area contributed by atoms with Gasteiger partial charge in [0.1, 0.15) is 5.52 Å². The van der Waals surface area contributed by atoms with Gasteiger partial charge in [-0.1, -0.05) is 13.3 Å². The molecule has 0 saturated carbocycles. The van der Waals surface area contributed by atoms with E-state index in [1.807, 2.05) is 0 Å². The summed E-state index contributed by atoms with van der Waals surface area (Å²) >= 11 is 0. The van der Waals surface area contributed by atoms with Gasteiger partial charge in [0.15, 0.2) is 11.5 Å². The Morgan fingerprint density at radius 3 is 3.10 bits per heavy atom. The first-order chi connectivity index (χ1) is 9.78. The van der Waals surface area contributed by atoms with Crippen LogP contribution in [0.15, 0.2) is 22.6 Å². The zero-order chi connectivity index (χ0) is 13.9. The van der Waals surface area contributed by atoms with Gasteiger partial charge in [-0.05, 0) is 31.0 Å². The molecule has 0 unspecified atom stereocenters. The van der Waals surface area contributed by atoms with E-state index >= 15 is 0 Å². The van der Waals surface area contributed by atoms with Gasteiger partial charge in [-0.15, -0.1) is 0 Å². The fraction of sp³-hybridized carbons (Fsp3) is 0.467. The van der Waals surface area contributed by atoms with Crippen LogP contribution >= 0.6 is 0 Å². The van der Waals surface area contributed by atoms with E-state index < -0.39 is 0 Å². The minimum atomic E-state index is -0.109. The van der Waals surface area contributed by atoms with E-state index in [1.54, 1.807) is 18.2 Å². The van der Waals surface area contributed by atoms with Crippen molar-refractivity contribution >= 4 is 17.0 Å². The average molecular weight is 274 g/mol. The Balaban J connectivity index is 1.84. The van der Waals surface area contributed by atoms with Gasteiger partial charge in [-0.3, -0.25) is 9.63 Å². The maximum absolute atomic E-state index is 12.2. The Labute approximate surface area is 117 Å². The number of aromatic nitrogens is 1. The van der Waals surface area contributed by atoms with Gasteiger partial charge in [0.2, 0.25) is 0 Å². The summed E-state index contributed by atoms with van der Waals surface area (Å²) in [6.45, 7) is 3.39. The molecule has 5 heteroatoms. The number of oxazole rings is 1. The highest BCUT2D eigenvalue weighted by atomic mass is 16.7. The van der Waals surface area contributed by atoms with E-state index in [4.69, 9.17) is 9.25 Å². The predicted octanol–water partition coefficient (Wildman–Crippen LogP) is 2.95. The highest BCUT2D eigenvalue weighted by molar-refractivity contribution is 5.96. The number of amides is 1. The quantitative estimate of drug-likeness (QED) is 0.860. The molecule has 0 atom stereocenters. The van der Waals surface area contributed by atoms with Gasteiger partial charge in [0.05, 0.1) is 13.2 Å². The first-order valence-corrected chi connectivity index (χ1v) is 7.12. The van der Waals surface area contributed by atoms with Crippen molar-refractivity contribution in [1.82, 2.24) is 10.0 Å². The molecule has 2 aromatic rings. The van der Waals surface area contributed by atoms with Crippen LogP contribution in [0.4, 0.5) is 0 Å². The number of rotatable bonds is 4. The summed E-state index contributed by atoms with van der Waals surface area (Å²) in [7, 11) is 0. The van der Waals surface area contributed by atoms with Crippen LogP contribution in [-0.2, 0) is 11.3 Å². The molecule has 0 aliphatic carbocycles. The van der Waals surface area contributed by atoms with Gasteiger partial charge in [0, 0.05) is 12.0 Å². The summed E-state index contributed by atoms with van der Waals surface area (Å²) in [5.41, 5.74) is 2.06. The smallest absolute Gasteiger partial charge is 0.277 e. The molecule has 0 radical (unpaired) electrons. The van der Waals surface area contributed by atoms with Crippen molar-refractivity contribution in [2.24, 2.45) is 0 Å². The summed E-state index contributed by atoms with van der Waals surface area (Å²) in [4.78, 5) is 21.9. The first-order valence-electron chi connectivity index (χ1n) is 7.12. The average Bonchev–Trinajstić information content (AvgIpc) is 3.12. The zero-order valence-electron chi connectivity index (χ0n) is 11.6. The number of hydrogen-bond acceptors (Lipinski definition) is 4. The highest BCUT2D eigenvalue weighted by Crippen LogP contribution is 2.20. The third-order valence-corrected chi connectivity index (χ3v) is 3.40. The van der Waals surface area contributed by atoms with E-state index in [1.165, 1.54) is 5.06 Å². The lowest BCUT2D eigenvalue weighted by molar-refractivity contribution is -0.0768. The number of benzene rings is 1. The van der Waals surface area contributed by atoms with E-state index in [9.17, 15) is 4.79 Å². The normalized spacial score (nSPS) is 15.2. The molecule has 1 saturated heterocycles. The Hall–Kier alpha value is -1.88. The van der Waals surface area contributed by atoms with Gasteiger partial charge < -0.3 is 4.42 Å². The predicted molar refractivity (Wildman–Crippen MR) is 74.2 cm³/mol. The highest BCUT2D eigenvalue weighted by Gasteiger charge is 2.21. The molecule has 2 heterocycles. The second-order valence-corrected chi connectivity index (χ2v) is 4.99. The molecular formula is C15H18N2O3. The van der Waals surface area contributed by atoms with Crippen LogP contribution in [0.2, 0.25) is 0 Å². The Kier molecular flexibility index (Phi) is 3.69. The number of aryl methyl sites for hydroxylation is 1. The second kappa shape index (κ2) is 5.63. The number of carbonyl (C=O) groups is 1. The van der Waals surface area contributed by atoms with E-state index in [0.29, 0.717) is 18.7 Å². The summed E-state index contributed by atoms with van der Waals surface area (Å²) in [5.74, 6) is 0.631. The van der Waals surface area contributed by atoms with Gasteiger partial charge in [-0.25, -0.2) is 10.0 Å². The standard InChI is InChI=1S/C15H18N2O3/c1-2-3-5-14-16-12-10-11(6-7-13(12)20-14)15(18)17-8-4-9-19-17/h6-7,10H,2-5,8-9H2,1H3. The van der Waals surface area contributed by atoms with Gasteiger partial charge >= 0.3 is 0 Å². The number of hydroxylamine groups is 2. The molecule has 0 spiro atoms. The van der Waals surface area contributed by atoms with Crippen molar-refractivity contribution in [3.8, 4) is 0 Å². The molecule has 1 fully saturated rings. The third kappa shape index (κ3) is 2.54. The lowest BCUT2D eigenvalue weighted by Gasteiger charge is -2.13. The summed E-state index contributed by atoms with van der Waals surface area (Å²) in [5, 5.41) is 1.42. The third-order valence-electron chi connectivity index (χ3n) is 3.40. The van der Waals surface area contributed by atoms with Crippen LogP contribution in [0.3, 0.4) is 0 Å². The summed E-state index contributed by atoms with van der Waals surface area (Å²) in [6, 6.07) is 5.35.